The molecule has 1 rings (SSSR count). The van der Waals surface area contributed by atoms with Crippen LogP contribution in [0.5, 0.6) is 5.75 Å². The smallest absolute Gasteiger partial charge is 0.120 e. The van der Waals surface area contributed by atoms with Crippen LogP contribution in [0.4, 0.5) is 0 Å². The standard InChI is InChI=1S/C14H20BrN3O2/c1-14(2,3)20-11-6-4-10(5-7-11)8-12(17-18-16)13(19)9-15/h4-7,12-13,19H,8-9H2,1-3H3/t12-,13?/m0/s1. The highest BCUT2D eigenvalue weighted by Gasteiger charge is 2.17. The summed E-state index contributed by atoms with van der Waals surface area (Å²) >= 11 is 3.19. The second-order valence-electron chi connectivity index (χ2n) is 5.56. The molecule has 110 valence electrons. The summed E-state index contributed by atoms with van der Waals surface area (Å²) in [6.07, 6.45) is -0.205. The number of azide groups is 1. The van der Waals surface area contributed by atoms with E-state index in [1.54, 1.807) is 0 Å². The Morgan fingerprint density at radius 1 is 1.35 bits per heavy atom. The fourth-order valence-corrected chi connectivity index (χ4v) is 2.14. The van der Waals surface area contributed by atoms with Gasteiger partial charge in [-0.15, -0.1) is 0 Å². The molecule has 0 fully saturated rings. The van der Waals surface area contributed by atoms with E-state index in [1.165, 1.54) is 0 Å². The molecule has 0 radical (unpaired) electrons. The predicted molar refractivity (Wildman–Crippen MR) is 83.3 cm³/mol. The highest BCUT2D eigenvalue weighted by atomic mass is 79.9. The van der Waals surface area contributed by atoms with E-state index < -0.39 is 12.1 Å². The minimum Gasteiger partial charge on any atom is -0.488 e. The fraction of sp³-hybridized carbons (Fsp3) is 0.571. The van der Waals surface area contributed by atoms with E-state index in [1.807, 2.05) is 45.0 Å². The van der Waals surface area contributed by atoms with Gasteiger partial charge in [-0.05, 0) is 50.4 Å². The van der Waals surface area contributed by atoms with Crippen molar-refractivity contribution in [1.29, 1.82) is 0 Å². The molecule has 0 aliphatic carbocycles. The van der Waals surface area contributed by atoms with Crippen LogP contribution in [0.25, 0.3) is 10.4 Å². The first-order valence-electron chi connectivity index (χ1n) is 6.42. The predicted octanol–water partition coefficient (Wildman–Crippen LogP) is 3.84. The number of halogens is 1. The Labute approximate surface area is 127 Å². The minimum absolute atomic E-state index is 0.235. The van der Waals surface area contributed by atoms with E-state index in [2.05, 4.69) is 26.0 Å². The molecule has 20 heavy (non-hydrogen) atoms. The highest BCUT2D eigenvalue weighted by Crippen LogP contribution is 2.20. The number of aliphatic hydroxyl groups is 1. The van der Waals surface area contributed by atoms with Crippen molar-refractivity contribution in [2.75, 3.05) is 5.33 Å². The molecule has 1 aromatic carbocycles. The summed E-state index contributed by atoms with van der Waals surface area (Å²) in [5.74, 6) is 0.794. The Balaban J connectivity index is 2.75. The van der Waals surface area contributed by atoms with Crippen LogP contribution in [-0.4, -0.2) is 28.2 Å². The van der Waals surface area contributed by atoms with Crippen LogP contribution in [0.3, 0.4) is 0 Å². The minimum atomic E-state index is -0.698. The van der Waals surface area contributed by atoms with Gasteiger partial charge in [0.25, 0.3) is 0 Å². The van der Waals surface area contributed by atoms with Crippen LogP contribution in [-0.2, 0) is 6.42 Å². The molecule has 0 heterocycles. The molecule has 0 spiro atoms. The summed E-state index contributed by atoms with van der Waals surface area (Å²) in [7, 11) is 0. The molecule has 0 aliphatic heterocycles. The van der Waals surface area contributed by atoms with Gasteiger partial charge < -0.3 is 9.84 Å². The maximum Gasteiger partial charge on any atom is 0.120 e. The van der Waals surface area contributed by atoms with Gasteiger partial charge in [0.2, 0.25) is 0 Å². The second kappa shape index (κ2) is 7.53. The van der Waals surface area contributed by atoms with Gasteiger partial charge in [0.05, 0.1) is 12.1 Å². The number of hydrogen-bond acceptors (Lipinski definition) is 3. The first-order chi connectivity index (χ1) is 9.35. The van der Waals surface area contributed by atoms with Crippen molar-refractivity contribution in [2.24, 2.45) is 5.11 Å². The second-order valence-corrected chi connectivity index (χ2v) is 6.20. The zero-order valence-electron chi connectivity index (χ0n) is 12.0. The van der Waals surface area contributed by atoms with Gasteiger partial charge in [-0.25, -0.2) is 0 Å². The normalized spacial score (nSPS) is 14.2. The third-order valence-electron chi connectivity index (χ3n) is 2.59. The molecular formula is C14H20BrN3O2. The number of nitrogens with zero attached hydrogens (tertiary/aromatic N) is 3. The Morgan fingerprint density at radius 2 is 1.95 bits per heavy atom. The molecule has 2 atom stereocenters. The average molecular weight is 342 g/mol. The first kappa shape index (κ1) is 16.8. The van der Waals surface area contributed by atoms with Gasteiger partial charge in [0.1, 0.15) is 11.4 Å². The monoisotopic (exact) mass is 341 g/mol. The number of ether oxygens (including phenoxy) is 1. The van der Waals surface area contributed by atoms with Crippen molar-refractivity contribution in [2.45, 2.75) is 44.9 Å². The van der Waals surface area contributed by atoms with Gasteiger partial charge in [-0.3, -0.25) is 0 Å². The Kier molecular flexibility index (Phi) is 6.33. The van der Waals surface area contributed by atoms with Crippen molar-refractivity contribution in [3.8, 4) is 5.75 Å². The van der Waals surface area contributed by atoms with Crippen molar-refractivity contribution >= 4 is 15.9 Å². The lowest BCUT2D eigenvalue weighted by Crippen LogP contribution is -2.27. The van der Waals surface area contributed by atoms with E-state index in [-0.39, 0.29) is 5.60 Å². The quantitative estimate of drug-likeness (QED) is 0.369. The molecule has 0 saturated heterocycles. The lowest BCUT2D eigenvalue weighted by atomic mass is 10.0. The third kappa shape index (κ3) is 5.82. The van der Waals surface area contributed by atoms with Gasteiger partial charge >= 0.3 is 0 Å². The fourth-order valence-electron chi connectivity index (χ4n) is 1.71. The zero-order valence-corrected chi connectivity index (χ0v) is 13.5. The molecule has 0 aliphatic rings. The van der Waals surface area contributed by atoms with Crippen LogP contribution in [0.1, 0.15) is 26.3 Å². The SMILES string of the molecule is CC(C)(C)Oc1ccc(C[C@H](N=[N+]=[N-])C(O)CBr)cc1. The van der Waals surface area contributed by atoms with E-state index in [4.69, 9.17) is 10.3 Å². The van der Waals surface area contributed by atoms with Crippen molar-refractivity contribution in [1.82, 2.24) is 0 Å². The van der Waals surface area contributed by atoms with Crippen molar-refractivity contribution in [3.05, 3.63) is 40.3 Å². The number of hydrogen-bond donors (Lipinski definition) is 1. The van der Waals surface area contributed by atoms with E-state index in [9.17, 15) is 5.11 Å². The Bertz CT molecular complexity index is 464. The van der Waals surface area contributed by atoms with Gasteiger partial charge in [-0.2, -0.15) is 0 Å². The average Bonchev–Trinajstić information content (AvgIpc) is 2.38. The summed E-state index contributed by atoms with van der Waals surface area (Å²) < 4.78 is 5.74. The van der Waals surface area contributed by atoms with Gasteiger partial charge in [-0.1, -0.05) is 33.2 Å². The van der Waals surface area contributed by atoms with Crippen LogP contribution in [0.2, 0.25) is 0 Å². The number of benzene rings is 1. The summed E-state index contributed by atoms with van der Waals surface area (Å²) in [5, 5.41) is 13.8. The molecule has 1 unspecified atom stereocenters. The molecule has 6 heteroatoms. The van der Waals surface area contributed by atoms with E-state index >= 15 is 0 Å². The molecule has 5 nitrogen and oxygen atoms in total. The van der Waals surface area contributed by atoms with Crippen molar-refractivity contribution in [3.63, 3.8) is 0 Å². The topological polar surface area (TPSA) is 78.2 Å². The lowest BCUT2D eigenvalue weighted by molar-refractivity contribution is 0.131. The summed E-state index contributed by atoms with van der Waals surface area (Å²) in [5.41, 5.74) is 9.30. The Morgan fingerprint density at radius 3 is 2.40 bits per heavy atom. The lowest BCUT2D eigenvalue weighted by Gasteiger charge is -2.21. The first-order valence-corrected chi connectivity index (χ1v) is 7.54. The largest absolute Gasteiger partial charge is 0.488 e. The van der Waals surface area contributed by atoms with Gasteiger partial charge in [0.15, 0.2) is 0 Å². The molecule has 0 saturated carbocycles. The number of aliphatic hydroxyl groups excluding tert-OH is 1. The molecule has 1 aromatic rings. The number of alkyl halides is 1. The maximum atomic E-state index is 9.78. The zero-order chi connectivity index (χ0) is 15.2. The molecular weight excluding hydrogens is 322 g/mol. The molecule has 0 aromatic heterocycles. The van der Waals surface area contributed by atoms with Crippen LogP contribution < -0.4 is 4.74 Å². The third-order valence-corrected chi connectivity index (χ3v) is 3.26. The summed E-state index contributed by atoms with van der Waals surface area (Å²) in [6, 6.07) is 7.13. The van der Waals surface area contributed by atoms with Crippen LogP contribution in [0, 0.1) is 0 Å². The van der Waals surface area contributed by atoms with Crippen LogP contribution in [0.15, 0.2) is 29.4 Å². The van der Waals surface area contributed by atoms with Crippen LogP contribution >= 0.6 is 15.9 Å². The number of rotatable bonds is 6. The summed E-state index contributed by atoms with van der Waals surface area (Å²) in [6.45, 7) is 5.97. The molecule has 0 bridgehead atoms. The van der Waals surface area contributed by atoms with E-state index in [0.29, 0.717) is 11.8 Å². The summed E-state index contributed by atoms with van der Waals surface area (Å²) in [4.78, 5) is 2.79. The Hall–Kier alpha value is -1.23. The highest BCUT2D eigenvalue weighted by molar-refractivity contribution is 9.09. The van der Waals surface area contributed by atoms with Crippen molar-refractivity contribution < 1.29 is 9.84 Å². The van der Waals surface area contributed by atoms with E-state index in [0.717, 1.165) is 11.3 Å². The molecule has 0 amide bonds. The maximum absolute atomic E-state index is 9.78. The van der Waals surface area contributed by atoms with Gasteiger partial charge in [0, 0.05) is 10.2 Å². The molecule has 1 N–H and O–H groups in total.